The number of hydrogen-bond acceptors (Lipinski definition) is 3. The number of halogens is 1. The standard InChI is InChI=1S/C15H21FN2O2/c1-18(9-7-12-4-2-3-8-17-12)15(20)13-10-11(16)5-6-14(13)19/h5-6,10,12,17,19H,2-4,7-9H2,1H3. The van der Waals surface area contributed by atoms with Crippen LogP contribution in [0.2, 0.25) is 0 Å². The lowest BCUT2D eigenvalue weighted by molar-refractivity contribution is 0.0784. The Morgan fingerprint density at radius 3 is 3.00 bits per heavy atom. The molecular weight excluding hydrogens is 259 g/mol. The molecule has 0 spiro atoms. The Morgan fingerprint density at radius 2 is 2.30 bits per heavy atom. The molecule has 0 aromatic heterocycles. The van der Waals surface area contributed by atoms with Gasteiger partial charge in [0.1, 0.15) is 11.6 Å². The molecule has 1 aromatic carbocycles. The Bertz CT molecular complexity index is 473. The van der Waals surface area contributed by atoms with Gasteiger partial charge in [0.15, 0.2) is 0 Å². The number of carbonyl (C=O) groups excluding carboxylic acids is 1. The van der Waals surface area contributed by atoms with Crippen LogP contribution in [0.15, 0.2) is 18.2 Å². The zero-order chi connectivity index (χ0) is 14.5. The molecule has 4 nitrogen and oxygen atoms in total. The number of benzene rings is 1. The highest BCUT2D eigenvalue weighted by Gasteiger charge is 2.18. The molecule has 1 heterocycles. The first kappa shape index (κ1) is 14.8. The Morgan fingerprint density at radius 1 is 1.50 bits per heavy atom. The number of phenols is 1. The molecule has 0 radical (unpaired) electrons. The van der Waals surface area contributed by atoms with Crippen molar-refractivity contribution < 1.29 is 14.3 Å². The largest absolute Gasteiger partial charge is 0.507 e. The summed E-state index contributed by atoms with van der Waals surface area (Å²) in [6, 6.07) is 3.87. The normalized spacial score (nSPS) is 18.8. The monoisotopic (exact) mass is 280 g/mol. The number of piperidine rings is 1. The quantitative estimate of drug-likeness (QED) is 0.888. The van der Waals surface area contributed by atoms with Gasteiger partial charge in [-0.05, 0) is 44.0 Å². The van der Waals surface area contributed by atoms with Gasteiger partial charge < -0.3 is 15.3 Å². The smallest absolute Gasteiger partial charge is 0.257 e. The van der Waals surface area contributed by atoms with E-state index in [1.54, 1.807) is 7.05 Å². The molecule has 1 saturated heterocycles. The number of aromatic hydroxyl groups is 1. The lowest BCUT2D eigenvalue weighted by Crippen LogP contribution is -2.38. The second-order valence-corrected chi connectivity index (χ2v) is 5.32. The number of carbonyl (C=O) groups is 1. The fourth-order valence-electron chi connectivity index (χ4n) is 2.51. The van der Waals surface area contributed by atoms with Crippen molar-refractivity contribution in [2.45, 2.75) is 31.7 Å². The molecule has 1 aliphatic heterocycles. The lowest BCUT2D eigenvalue weighted by Gasteiger charge is -2.26. The van der Waals surface area contributed by atoms with Gasteiger partial charge >= 0.3 is 0 Å². The van der Waals surface area contributed by atoms with Gasteiger partial charge in [0.2, 0.25) is 0 Å². The summed E-state index contributed by atoms with van der Waals surface area (Å²) in [7, 11) is 1.68. The van der Waals surface area contributed by atoms with Crippen molar-refractivity contribution in [1.82, 2.24) is 10.2 Å². The molecule has 1 unspecified atom stereocenters. The summed E-state index contributed by atoms with van der Waals surface area (Å²) in [6.07, 6.45) is 4.44. The van der Waals surface area contributed by atoms with E-state index < -0.39 is 5.82 Å². The molecule has 110 valence electrons. The summed E-state index contributed by atoms with van der Waals surface area (Å²) < 4.78 is 13.2. The zero-order valence-electron chi connectivity index (χ0n) is 11.7. The SMILES string of the molecule is CN(CCC1CCCCN1)C(=O)c1cc(F)ccc1O. The van der Waals surface area contributed by atoms with E-state index in [0.717, 1.165) is 31.5 Å². The molecule has 20 heavy (non-hydrogen) atoms. The summed E-state index contributed by atoms with van der Waals surface area (Å²) in [5, 5.41) is 13.1. The van der Waals surface area contributed by atoms with Crippen molar-refractivity contribution in [2.24, 2.45) is 0 Å². The van der Waals surface area contributed by atoms with Crippen molar-refractivity contribution >= 4 is 5.91 Å². The zero-order valence-corrected chi connectivity index (χ0v) is 11.7. The third-order valence-electron chi connectivity index (χ3n) is 3.76. The van der Waals surface area contributed by atoms with Crippen molar-refractivity contribution in [2.75, 3.05) is 20.1 Å². The van der Waals surface area contributed by atoms with Gasteiger partial charge in [-0.1, -0.05) is 6.42 Å². The summed E-state index contributed by atoms with van der Waals surface area (Å²) in [5.74, 6) is -1.05. The minimum atomic E-state index is -0.520. The maximum absolute atomic E-state index is 13.2. The second-order valence-electron chi connectivity index (χ2n) is 5.32. The second kappa shape index (κ2) is 6.70. The van der Waals surface area contributed by atoms with Crippen LogP contribution in [-0.4, -0.2) is 42.1 Å². The Kier molecular flexibility index (Phi) is 4.95. The van der Waals surface area contributed by atoms with Crippen molar-refractivity contribution in [1.29, 1.82) is 0 Å². The van der Waals surface area contributed by atoms with Crippen LogP contribution < -0.4 is 5.32 Å². The predicted molar refractivity (Wildman–Crippen MR) is 75.3 cm³/mol. The van der Waals surface area contributed by atoms with E-state index in [4.69, 9.17) is 0 Å². The van der Waals surface area contributed by atoms with Crippen LogP contribution in [-0.2, 0) is 0 Å². The first-order valence-corrected chi connectivity index (χ1v) is 7.05. The van der Waals surface area contributed by atoms with E-state index in [0.29, 0.717) is 12.6 Å². The number of nitrogens with zero attached hydrogens (tertiary/aromatic N) is 1. The summed E-state index contributed by atoms with van der Waals surface area (Å²) in [6.45, 7) is 1.62. The molecular formula is C15H21FN2O2. The average Bonchev–Trinajstić information content (AvgIpc) is 2.47. The van der Waals surface area contributed by atoms with E-state index >= 15 is 0 Å². The molecule has 0 saturated carbocycles. The van der Waals surface area contributed by atoms with Gasteiger partial charge in [-0.25, -0.2) is 4.39 Å². The van der Waals surface area contributed by atoms with E-state index in [2.05, 4.69) is 5.32 Å². The highest BCUT2D eigenvalue weighted by molar-refractivity contribution is 5.96. The lowest BCUT2D eigenvalue weighted by atomic mass is 10.0. The molecule has 1 atom stereocenters. The molecule has 2 N–H and O–H groups in total. The van der Waals surface area contributed by atoms with Crippen LogP contribution in [0.25, 0.3) is 0 Å². The topological polar surface area (TPSA) is 52.6 Å². The molecule has 2 rings (SSSR count). The third-order valence-corrected chi connectivity index (χ3v) is 3.76. The van der Waals surface area contributed by atoms with E-state index in [9.17, 15) is 14.3 Å². The minimum absolute atomic E-state index is 0.0177. The molecule has 0 bridgehead atoms. The summed E-state index contributed by atoms with van der Waals surface area (Å²) in [4.78, 5) is 13.7. The number of nitrogens with one attached hydrogen (secondary N) is 1. The number of rotatable bonds is 4. The fraction of sp³-hybridized carbons (Fsp3) is 0.533. The minimum Gasteiger partial charge on any atom is -0.507 e. The average molecular weight is 280 g/mol. The van der Waals surface area contributed by atoms with Crippen LogP contribution in [0, 0.1) is 5.82 Å². The van der Waals surface area contributed by atoms with Crippen LogP contribution in [0.3, 0.4) is 0 Å². The number of phenolic OH excluding ortho intramolecular Hbond substituents is 1. The number of amides is 1. The number of hydrogen-bond donors (Lipinski definition) is 2. The van der Waals surface area contributed by atoms with Crippen molar-refractivity contribution in [3.8, 4) is 5.75 Å². The van der Waals surface area contributed by atoms with Crippen LogP contribution in [0.4, 0.5) is 4.39 Å². The van der Waals surface area contributed by atoms with Gasteiger partial charge in [0.25, 0.3) is 5.91 Å². The van der Waals surface area contributed by atoms with Crippen LogP contribution in [0.5, 0.6) is 5.75 Å². The molecule has 1 aliphatic rings. The van der Waals surface area contributed by atoms with E-state index in [1.165, 1.54) is 23.8 Å². The molecule has 5 heteroatoms. The molecule has 1 amide bonds. The molecule has 1 fully saturated rings. The summed E-state index contributed by atoms with van der Waals surface area (Å²) >= 11 is 0. The first-order chi connectivity index (χ1) is 9.58. The van der Waals surface area contributed by atoms with Gasteiger partial charge in [-0.3, -0.25) is 4.79 Å². The molecule has 0 aliphatic carbocycles. The Labute approximate surface area is 118 Å². The first-order valence-electron chi connectivity index (χ1n) is 7.05. The highest BCUT2D eigenvalue weighted by Crippen LogP contribution is 2.20. The van der Waals surface area contributed by atoms with Gasteiger partial charge in [0.05, 0.1) is 5.56 Å². The van der Waals surface area contributed by atoms with Gasteiger partial charge in [-0.2, -0.15) is 0 Å². The van der Waals surface area contributed by atoms with Crippen LogP contribution in [0.1, 0.15) is 36.0 Å². The maximum atomic E-state index is 13.2. The maximum Gasteiger partial charge on any atom is 0.257 e. The van der Waals surface area contributed by atoms with Gasteiger partial charge in [0, 0.05) is 19.6 Å². The van der Waals surface area contributed by atoms with E-state index in [1.807, 2.05) is 0 Å². The Balaban J connectivity index is 1.92. The fourth-order valence-corrected chi connectivity index (χ4v) is 2.51. The van der Waals surface area contributed by atoms with Gasteiger partial charge in [-0.15, -0.1) is 0 Å². The predicted octanol–water partition coefficient (Wildman–Crippen LogP) is 2.14. The highest BCUT2D eigenvalue weighted by atomic mass is 19.1. The van der Waals surface area contributed by atoms with E-state index in [-0.39, 0.29) is 17.2 Å². The van der Waals surface area contributed by atoms with Crippen molar-refractivity contribution in [3.05, 3.63) is 29.6 Å². The van der Waals surface area contributed by atoms with Crippen LogP contribution >= 0.6 is 0 Å². The third kappa shape index (κ3) is 3.70. The summed E-state index contributed by atoms with van der Waals surface area (Å²) in [5.41, 5.74) is 0.0177. The molecule has 1 aromatic rings. The van der Waals surface area contributed by atoms with Crippen molar-refractivity contribution in [3.63, 3.8) is 0 Å². The Hall–Kier alpha value is -1.62.